The molecule has 136 valence electrons. The number of rotatable bonds is 5. The van der Waals surface area contributed by atoms with Crippen molar-refractivity contribution in [3.63, 3.8) is 0 Å². The van der Waals surface area contributed by atoms with Crippen LogP contribution in [-0.2, 0) is 6.54 Å². The number of carbonyl (C=O) groups is 1. The first-order chi connectivity index (χ1) is 12.1. The standard InChI is InChI=1S/C19H29N5O/c1-16-6-5-7-19(12-16,15-20)22-18(25)17-13-21-24(14-17)11-10-23-8-3-2-4-9-23/h13-14,16H,2-12H2,1H3,(H,22,25)/t16-,19-/m0/s1. The number of nitrogens with one attached hydrogen (secondary N) is 1. The summed E-state index contributed by atoms with van der Waals surface area (Å²) in [6.07, 6.45) is 10.9. The van der Waals surface area contributed by atoms with Crippen molar-refractivity contribution in [3.8, 4) is 6.07 Å². The smallest absolute Gasteiger partial charge is 0.255 e. The SMILES string of the molecule is C[C@H]1CCC[C@](C#N)(NC(=O)c2cnn(CCN3CCCCC3)c2)C1. The number of aromatic nitrogens is 2. The molecule has 1 saturated carbocycles. The van der Waals surface area contributed by atoms with Crippen LogP contribution in [0.15, 0.2) is 12.4 Å². The quantitative estimate of drug-likeness (QED) is 0.892. The Hall–Kier alpha value is -1.87. The highest BCUT2D eigenvalue weighted by atomic mass is 16.1. The van der Waals surface area contributed by atoms with Crippen molar-refractivity contribution in [2.45, 2.75) is 64.0 Å². The lowest BCUT2D eigenvalue weighted by molar-refractivity contribution is 0.0890. The van der Waals surface area contributed by atoms with E-state index in [9.17, 15) is 10.1 Å². The summed E-state index contributed by atoms with van der Waals surface area (Å²) >= 11 is 0. The molecule has 1 N–H and O–H groups in total. The topological polar surface area (TPSA) is 74.0 Å². The highest BCUT2D eigenvalue weighted by Crippen LogP contribution is 2.32. The summed E-state index contributed by atoms with van der Waals surface area (Å²) in [5.41, 5.74) is -0.170. The Bertz CT molecular complexity index is 628. The number of hydrogen-bond acceptors (Lipinski definition) is 4. The van der Waals surface area contributed by atoms with Crippen LogP contribution in [0.5, 0.6) is 0 Å². The van der Waals surface area contributed by atoms with Gasteiger partial charge >= 0.3 is 0 Å². The average molecular weight is 343 g/mol. The summed E-state index contributed by atoms with van der Waals surface area (Å²) in [5.74, 6) is 0.292. The van der Waals surface area contributed by atoms with Crippen LogP contribution in [-0.4, -0.2) is 45.8 Å². The van der Waals surface area contributed by atoms with Crippen molar-refractivity contribution >= 4 is 5.91 Å². The Morgan fingerprint density at radius 3 is 2.88 bits per heavy atom. The maximum atomic E-state index is 12.6. The largest absolute Gasteiger partial charge is 0.334 e. The Morgan fingerprint density at radius 2 is 2.16 bits per heavy atom. The van der Waals surface area contributed by atoms with Gasteiger partial charge in [0.05, 0.1) is 24.4 Å². The second-order valence-corrected chi connectivity index (χ2v) is 7.74. The van der Waals surface area contributed by atoms with E-state index in [0.717, 1.165) is 51.9 Å². The first-order valence-corrected chi connectivity index (χ1v) is 9.59. The summed E-state index contributed by atoms with van der Waals surface area (Å²) in [7, 11) is 0. The van der Waals surface area contributed by atoms with E-state index in [0.29, 0.717) is 11.5 Å². The highest BCUT2D eigenvalue weighted by molar-refractivity contribution is 5.94. The second-order valence-electron chi connectivity index (χ2n) is 7.74. The summed E-state index contributed by atoms with van der Waals surface area (Å²) in [6, 6.07) is 2.36. The van der Waals surface area contributed by atoms with E-state index in [-0.39, 0.29) is 5.91 Å². The van der Waals surface area contributed by atoms with Gasteiger partial charge in [0.1, 0.15) is 5.54 Å². The molecule has 1 aliphatic carbocycles. The van der Waals surface area contributed by atoms with Crippen LogP contribution >= 0.6 is 0 Å². The minimum absolute atomic E-state index is 0.181. The zero-order chi connectivity index (χ0) is 17.7. The molecule has 1 aromatic heterocycles. The maximum absolute atomic E-state index is 12.6. The molecule has 0 spiro atoms. The van der Waals surface area contributed by atoms with Gasteiger partial charge in [-0.05, 0) is 51.1 Å². The molecule has 1 aromatic rings. The highest BCUT2D eigenvalue weighted by Gasteiger charge is 2.36. The van der Waals surface area contributed by atoms with E-state index < -0.39 is 5.54 Å². The van der Waals surface area contributed by atoms with Crippen molar-refractivity contribution in [2.24, 2.45) is 5.92 Å². The molecule has 6 heteroatoms. The van der Waals surface area contributed by atoms with Crippen molar-refractivity contribution in [1.29, 1.82) is 5.26 Å². The predicted octanol–water partition coefficient (Wildman–Crippen LogP) is 2.57. The van der Waals surface area contributed by atoms with Gasteiger partial charge in [0, 0.05) is 12.7 Å². The van der Waals surface area contributed by atoms with Crippen molar-refractivity contribution in [3.05, 3.63) is 18.0 Å². The van der Waals surface area contributed by atoms with E-state index in [1.807, 2.05) is 4.68 Å². The zero-order valence-electron chi connectivity index (χ0n) is 15.2. The van der Waals surface area contributed by atoms with E-state index in [2.05, 4.69) is 28.3 Å². The molecule has 2 atom stereocenters. The van der Waals surface area contributed by atoms with Crippen LogP contribution in [0.25, 0.3) is 0 Å². The van der Waals surface area contributed by atoms with Crippen molar-refractivity contribution < 1.29 is 4.79 Å². The van der Waals surface area contributed by atoms with E-state index in [4.69, 9.17) is 0 Å². The molecular weight excluding hydrogens is 314 g/mol. The minimum Gasteiger partial charge on any atom is -0.334 e. The summed E-state index contributed by atoms with van der Waals surface area (Å²) < 4.78 is 1.84. The molecule has 2 fully saturated rings. The molecule has 2 heterocycles. The zero-order valence-corrected chi connectivity index (χ0v) is 15.2. The van der Waals surface area contributed by atoms with Crippen molar-refractivity contribution in [1.82, 2.24) is 20.0 Å². The Labute approximate surface area is 150 Å². The fourth-order valence-corrected chi connectivity index (χ4v) is 4.11. The first-order valence-electron chi connectivity index (χ1n) is 9.59. The van der Waals surface area contributed by atoms with Crippen LogP contribution in [0.4, 0.5) is 0 Å². The normalized spacial score (nSPS) is 27.6. The molecule has 1 amide bonds. The monoisotopic (exact) mass is 343 g/mol. The molecule has 1 saturated heterocycles. The lowest BCUT2D eigenvalue weighted by Gasteiger charge is -2.34. The maximum Gasteiger partial charge on any atom is 0.255 e. The fourth-order valence-electron chi connectivity index (χ4n) is 4.11. The molecule has 0 bridgehead atoms. The molecule has 6 nitrogen and oxygen atoms in total. The average Bonchev–Trinajstić information content (AvgIpc) is 3.10. The molecule has 3 rings (SSSR count). The number of hydrogen-bond donors (Lipinski definition) is 1. The summed E-state index contributed by atoms with van der Waals surface area (Å²) in [5, 5.41) is 16.9. The van der Waals surface area contributed by atoms with Gasteiger partial charge in [0.2, 0.25) is 0 Å². The van der Waals surface area contributed by atoms with E-state index >= 15 is 0 Å². The number of likely N-dealkylation sites (tertiary alicyclic amines) is 1. The van der Waals surface area contributed by atoms with Gasteiger partial charge in [-0.3, -0.25) is 9.48 Å². The molecule has 0 aromatic carbocycles. The third-order valence-corrected chi connectivity index (χ3v) is 5.55. The molecule has 2 aliphatic rings. The molecule has 0 radical (unpaired) electrons. The number of amides is 1. The molecule has 1 aliphatic heterocycles. The van der Waals surface area contributed by atoms with Gasteiger partial charge in [-0.2, -0.15) is 10.4 Å². The third-order valence-electron chi connectivity index (χ3n) is 5.55. The molecule has 25 heavy (non-hydrogen) atoms. The lowest BCUT2D eigenvalue weighted by Crippen LogP contribution is -2.50. The molecule has 0 unspecified atom stereocenters. The predicted molar refractivity (Wildman–Crippen MR) is 96.0 cm³/mol. The number of nitrogens with zero attached hydrogens (tertiary/aromatic N) is 4. The summed E-state index contributed by atoms with van der Waals surface area (Å²) in [6.45, 7) is 6.25. The van der Waals surface area contributed by atoms with Gasteiger partial charge in [-0.15, -0.1) is 0 Å². The van der Waals surface area contributed by atoms with E-state index in [1.165, 1.54) is 19.3 Å². The Kier molecular flexibility index (Phi) is 5.74. The van der Waals surface area contributed by atoms with E-state index in [1.54, 1.807) is 12.4 Å². The van der Waals surface area contributed by atoms with Gasteiger partial charge in [0.25, 0.3) is 5.91 Å². The number of piperidine rings is 1. The van der Waals surface area contributed by atoms with Gasteiger partial charge in [-0.1, -0.05) is 19.8 Å². The van der Waals surface area contributed by atoms with Crippen LogP contribution in [0, 0.1) is 17.2 Å². The molecular formula is C19H29N5O. The van der Waals surface area contributed by atoms with Crippen molar-refractivity contribution in [2.75, 3.05) is 19.6 Å². The number of carbonyl (C=O) groups excluding carboxylic acids is 1. The lowest BCUT2D eigenvalue weighted by atomic mass is 9.77. The summed E-state index contributed by atoms with van der Waals surface area (Å²) in [4.78, 5) is 15.0. The van der Waals surface area contributed by atoms with Gasteiger partial charge in [0.15, 0.2) is 0 Å². The first kappa shape index (κ1) is 17.9. The van der Waals surface area contributed by atoms with Crippen LogP contribution in [0.3, 0.4) is 0 Å². The number of nitriles is 1. The van der Waals surface area contributed by atoms with Crippen LogP contribution < -0.4 is 5.32 Å². The van der Waals surface area contributed by atoms with Gasteiger partial charge in [-0.25, -0.2) is 0 Å². The second kappa shape index (κ2) is 8.01. The van der Waals surface area contributed by atoms with Crippen LogP contribution in [0.1, 0.15) is 62.2 Å². The van der Waals surface area contributed by atoms with Gasteiger partial charge < -0.3 is 10.2 Å². The fraction of sp³-hybridized carbons (Fsp3) is 0.737. The minimum atomic E-state index is -0.718. The Morgan fingerprint density at radius 1 is 1.36 bits per heavy atom. The Balaban J connectivity index is 1.55. The third kappa shape index (κ3) is 4.60. The van der Waals surface area contributed by atoms with Crippen LogP contribution in [0.2, 0.25) is 0 Å².